The number of carbonyl (C=O) groups excluding carboxylic acids is 2. The number of para-hydroxylation sites is 1. The van der Waals surface area contributed by atoms with Gasteiger partial charge in [0.25, 0.3) is 0 Å². The standard InChI is InChI=1S/C26H34N4O2S/c1-2-30(25-27-21-5-3-4-6-22(21)33-25)23(31)17-28-7-9-29(10-8-28)24(32)26-14-18-11-19(15-26)13-20(12-18)16-26/h3-6,18-20H,2,7-17H2,1H3. The zero-order valence-electron chi connectivity index (χ0n) is 19.5. The van der Waals surface area contributed by atoms with Gasteiger partial charge in [0.1, 0.15) is 0 Å². The molecule has 2 amide bonds. The molecule has 0 atom stereocenters. The number of rotatable bonds is 5. The Morgan fingerprint density at radius 1 is 1.03 bits per heavy atom. The monoisotopic (exact) mass is 466 g/mol. The van der Waals surface area contributed by atoms with E-state index in [1.807, 2.05) is 25.1 Å². The lowest BCUT2D eigenvalue weighted by Gasteiger charge is -2.57. The maximum absolute atomic E-state index is 13.6. The van der Waals surface area contributed by atoms with Crippen LogP contribution in [0.5, 0.6) is 0 Å². The first-order chi connectivity index (χ1) is 16.0. The van der Waals surface area contributed by atoms with Gasteiger partial charge in [-0.05, 0) is 75.3 Å². The molecular weight excluding hydrogens is 432 g/mol. The van der Waals surface area contributed by atoms with Gasteiger partial charge in [-0.15, -0.1) is 0 Å². The molecule has 7 heteroatoms. The molecule has 7 rings (SSSR count). The summed E-state index contributed by atoms with van der Waals surface area (Å²) in [6.45, 7) is 6.07. The third-order valence-electron chi connectivity index (χ3n) is 8.64. The number of anilines is 1. The number of nitrogens with zero attached hydrogens (tertiary/aromatic N) is 4. The number of amides is 2. The lowest BCUT2D eigenvalue weighted by atomic mass is 9.49. The number of benzene rings is 1. The maximum atomic E-state index is 13.6. The molecule has 1 aromatic carbocycles. The van der Waals surface area contributed by atoms with E-state index in [1.165, 1.54) is 19.3 Å². The highest BCUT2D eigenvalue weighted by molar-refractivity contribution is 7.22. The summed E-state index contributed by atoms with van der Waals surface area (Å²) in [6, 6.07) is 8.03. The quantitative estimate of drug-likeness (QED) is 0.668. The van der Waals surface area contributed by atoms with Crippen LogP contribution in [0, 0.1) is 23.2 Å². The van der Waals surface area contributed by atoms with E-state index < -0.39 is 0 Å². The molecule has 33 heavy (non-hydrogen) atoms. The van der Waals surface area contributed by atoms with Crippen LogP contribution < -0.4 is 4.90 Å². The van der Waals surface area contributed by atoms with Crippen molar-refractivity contribution in [1.29, 1.82) is 0 Å². The SMILES string of the molecule is CCN(C(=O)CN1CCN(C(=O)C23CC4CC(CC(C4)C2)C3)CC1)c1nc2ccccc2s1. The van der Waals surface area contributed by atoms with Gasteiger partial charge < -0.3 is 4.90 Å². The van der Waals surface area contributed by atoms with E-state index in [-0.39, 0.29) is 11.3 Å². The van der Waals surface area contributed by atoms with Crippen molar-refractivity contribution < 1.29 is 9.59 Å². The first kappa shape index (κ1) is 21.5. The number of piperazine rings is 1. The second-order valence-corrected chi connectivity index (χ2v) is 11.9. The Morgan fingerprint density at radius 3 is 2.27 bits per heavy atom. The van der Waals surface area contributed by atoms with Gasteiger partial charge in [-0.3, -0.25) is 19.4 Å². The molecule has 1 saturated heterocycles. The number of hydrogen-bond donors (Lipinski definition) is 0. The van der Waals surface area contributed by atoms with Crippen LogP contribution in [0.4, 0.5) is 5.13 Å². The molecule has 2 heterocycles. The lowest BCUT2D eigenvalue weighted by molar-refractivity contribution is -0.159. The Balaban J connectivity index is 1.07. The van der Waals surface area contributed by atoms with Gasteiger partial charge in [0.15, 0.2) is 5.13 Å². The Labute approximate surface area is 199 Å². The van der Waals surface area contributed by atoms with Crippen LogP contribution in [0.15, 0.2) is 24.3 Å². The molecule has 0 N–H and O–H groups in total. The van der Waals surface area contributed by atoms with Crippen LogP contribution in [-0.4, -0.2) is 65.9 Å². The van der Waals surface area contributed by atoms with E-state index in [1.54, 1.807) is 16.2 Å². The summed E-state index contributed by atoms with van der Waals surface area (Å²) in [6.07, 6.45) is 7.49. The Kier molecular flexibility index (Phi) is 5.45. The minimum absolute atomic E-state index is 0.0569. The Hall–Kier alpha value is -1.99. The Morgan fingerprint density at radius 2 is 1.67 bits per heavy atom. The molecule has 176 valence electrons. The molecule has 4 aliphatic carbocycles. The highest BCUT2D eigenvalue weighted by atomic mass is 32.1. The normalized spacial score (nSPS) is 31.3. The number of carbonyl (C=O) groups is 2. The zero-order valence-corrected chi connectivity index (χ0v) is 20.4. The van der Waals surface area contributed by atoms with Crippen molar-refractivity contribution in [1.82, 2.24) is 14.8 Å². The van der Waals surface area contributed by atoms with Crippen molar-refractivity contribution in [2.45, 2.75) is 45.4 Å². The summed E-state index contributed by atoms with van der Waals surface area (Å²) in [5.41, 5.74) is 0.888. The Bertz CT molecular complexity index is 989. The van der Waals surface area contributed by atoms with Gasteiger partial charge in [0.2, 0.25) is 11.8 Å². The van der Waals surface area contributed by atoms with Crippen molar-refractivity contribution in [2.24, 2.45) is 23.2 Å². The number of fused-ring (bicyclic) bond motifs is 1. The molecule has 4 bridgehead atoms. The minimum atomic E-state index is -0.0569. The van der Waals surface area contributed by atoms with Crippen molar-refractivity contribution >= 4 is 38.5 Å². The third-order valence-corrected chi connectivity index (χ3v) is 9.70. The largest absolute Gasteiger partial charge is 0.340 e. The average molecular weight is 467 g/mol. The molecule has 6 nitrogen and oxygen atoms in total. The van der Waals surface area contributed by atoms with Gasteiger partial charge in [-0.2, -0.15) is 0 Å². The number of thiazole rings is 1. The van der Waals surface area contributed by atoms with Gasteiger partial charge in [0.05, 0.1) is 22.2 Å². The molecule has 2 aromatic rings. The topological polar surface area (TPSA) is 56.8 Å². The second-order valence-electron chi connectivity index (χ2n) is 10.9. The van der Waals surface area contributed by atoms with Gasteiger partial charge in [0, 0.05) is 32.7 Å². The molecular formula is C26H34N4O2S. The van der Waals surface area contributed by atoms with Crippen molar-refractivity contribution in [2.75, 3.05) is 44.2 Å². The number of likely N-dealkylation sites (N-methyl/N-ethyl adjacent to an activating group) is 1. The maximum Gasteiger partial charge on any atom is 0.242 e. The van der Waals surface area contributed by atoms with Crippen LogP contribution in [0.25, 0.3) is 10.2 Å². The van der Waals surface area contributed by atoms with E-state index >= 15 is 0 Å². The van der Waals surface area contributed by atoms with Gasteiger partial charge >= 0.3 is 0 Å². The van der Waals surface area contributed by atoms with Crippen LogP contribution in [-0.2, 0) is 9.59 Å². The molecule has 0 radical (unpaired) electrons. The summed E-state index contributed by atoms with van der Waals surface area (Å²) < 4.78 is 1.11. The molecule has 1 aromatic heterocycles. The van der Waals surface area contributed by atoms with Crippen molar-refractivity contribution in [3.05, 3.63) is 24.3 Å². The highest BCUT2D eigenvalue weighted by Crippen LogP contribution is 2.60. The summed E-state index contributed by atoms with van der Waals surface area (Å²) in [5, 5.41) is 0.777. The first-order valence-electron chi connectivity index (χ1n) is 12.7. The first-order valence-corrected chi connectivity index (χ1v) is 13.5. The lowest BCUT2D eigenvalue weighted by Crippen LogP contribution is -2.58. The fourth-order valence-corrected chi connectivity index (χ4v) is 8.53. The number of aromatic nitrogens is 1. The predicted molar refractivity (Wildman–Crippen MR) is 131 cm³/mol. The van der Waals surface area contributed by atoms with Crippen LogP contribution in [0.3, 0.4) is 0 Å². The minimum Gasteiger partial charge on any atom is -0.340 e. The van der Waals surface area contributed by atoms with E-state index in [0.29, 0.717) is 19.0 Å². The molecule has 5 fully saturated rings. The molecule has 0 unspecified atom stereocenters. The fourth-order valence-electron chi connectivity index (χ4n) is 7.49. The van der Waals surface area contributed by atoms with E-state index in [9.17, 15) is 9.59 Å². The smallest absolute Gasteiger partial charge is 0.242 e. The summed E-state index contributed by atoms with van der Waals surface area (Å²) in [5.74, 6) is 2.90. The fraction of sp³-hybridized carbons (Fsp3) is 0.654. The number of hydrogen-bond acceptors (Lipinski definition) is 5. The van der Waals surface area contributed by atoms with E-state index in [0.717, 1.165) is 78.5 Å². The molecule has 5 aliphatic rings. The van der Waals surface area contributed by atoms with E-state index in [2.05, 4.69) is 20.9 Å². The van der Waals surface area contributed by atoms with Gasteiger partial charge in [-0.1, -0.05) is 23.5 Å². The summed E-state index contributed by atoms with van der Waals surface area (Å²) in [7, 11) is 0. The average Bonchev–Trinajstić information content (AvgIpc) is 3.22. The van der Waals surface area contributed by atoms with Gasteiger partial charge in [-0.25, -0.2) is 4.98 Å². The predicted octanol–water partition coefficient (Wildman–Crippen LogP) is 4.01. The van der Waals surface area contributed by atoms with Crippen LogP contribution in [0.2, 0.25) is 0 Å². The molecule has 1 aliphatic heterocycles. The van der Waals surface area contributed by atoms with Crippen LogP contribution in [0.1, 0.15) is 45.4 Å². The second kappa shape index (κ2) is 8.35. The van der Waals surface area contributed by atoms with Crippen molar-refractivity contribution in [3.8, 4) is 0 Å². The van der Waals surface area contributed by atoms with E-state index in [4.69, 9.17) is 0 Å². The van der Waals surface area contributed by atoms with Crippen molar-refractivity contribution in [3.63, 3.8) is 0 Å². The summed E-state index contributed by atoms with van der Waals surface area (Å²) >= 11 is 1.57. The molecule has 0 spiro atoms. The van der Waals surface area contributed by atoms with Crippen LogP contribution >= 0.6 is 11.3 Å². The summed E-state index contributed by atoms with van der Waals surface area (Å²) in [4.78, 5) is 37.6. The third kappa shape index (κ3) is 3.87. The zero-order chi connectivity index (χ0) is 22.6. The highest BCUT2D eigenvalue weighted by Gasteiger charge is 2.55. The molecule has 4 saturated carbocycles.